The predicted octanol–water partition coefficient (Wildman–Crippen LogP) is 6.80. The van der Waals surface area contributed by atoms with Crippen LogP contribution < -0.4 is 14.8 Å². The fraction of sp³-hybridized carbons (Fsp3) is 0.154. The van der Waals surface area contributed by atoms with Gasteiger partial charge in [0.2, 0.25) is 0 Å². The number of hydrogen-bond acceptors (Lipinski definition) is 4. The largest absolute Gasteiger partial charge is 0.493 e. The molecular formula is C26H22BrClN2O3. The van der Waals surface area contributed by atoms with Crippen molar-refractivity contribution in [2.75, 3.05) is 12.4 Å². The molecule has 3 rings (SSSR count). The summed E-state index contributed by atoms with van der Waals surface area (Å²) in [6.07, 6.45) is 2.37. The molecule has 33 heavy (non-hydrogen) atoms. The van der Waals surface area contributed by atoms with Crippen LogP contribution in [0.5, 0.6) is 11.5 Å². The third kappa shape index (κ3) is 6.61. The smallest absolute Gasteiger partial charge is 0.266 e. The molecule has 0 aliphatic rings. The molecule has 0 saturated heterocycles. The minimum atomic E-state index is -0.507. The van der Waals surface area contributed by atoms with E-state index in [2.05, 4.69) is 28.2 Å². The van der Waals surface area contributed by atoms with E-state index in [0.29, 0.717) is 34.4 Å². The maximum Gasteiger partial charge on any atom is 0.266 e. The Morgan fingerprint density at radius 1 is 1.12 bits per heavy atom. The number of aryl methyl sites for hydroxylation is 1. The number of nitrogens with one attached hydrogen (secondary N) is 1. The van der Waals surface area contributed by atoms with Crippen LogP contribution in [0.15, 0.2) is 70.7 Å². The van der Waals surface area contributed by atoms with E-state index in [-0.39, 0.29) is 5.57 Å². The number of benzene rings is 3. The molecule has 3 aromatic carbocycles. The van der Waals surface area contributed by atoms with E-state index in [9.17, 15) is 10.1 Å². The highest BCUT2D eigenvalue weighted by Crippen LogP contribution is 2.37. The fourth-order valence-corrected chi connectivity index (χ4v) is 3.57. The van der Waals surface area contributed by atoms with Crippen LogP contribution in [0.4, 0.5) is 5.69 Å². The van der Waals surface area contributed by atoms with Crippen LogP contribution in [0.3, 0.4) is 0 Å². The number of nitrogens with zero attached hydrogens (tertiary/aromatic N) is 1. The number of nitriles is 1. The molecule has 7 heteroatoms. The number of ether oxygens (including phenoxy) is 2. The Kier molecular flexibility index (Phi) is 8.53. The van der Waals surface area contributed by atoms with Gasteiger partial charge in [0.15, 0.2) is 11.5 Å². The lowest BCUT2D eigenvalue weighted by Gasteiger charge is -2.14. The number of hydrogen-bond donors (Lipinski definition) is 1. The number of carbonyl (C=O) groups is 1. The molecule has 0 aromatic heterocycles. The molecule has 3 aromatic rings. The van der Waals surface area contributed by atoms with Gasteiger partial charge in [-0.1, -0.05) is 58.7 Å². The Morgan fingerprint density at radius 2 is 1.79 bits per heavy atom. The SMILES string of the molecule is CCc1ccc(NC(=O)/C(C#N)=C/c2cc(Cl)c(OCc3ccc(Br)cc3)c(OC)c2)cc1. The lowest BCUT2D eigenvalue weighted by molar-refractivity contribution is -0.112. The van der Waals surface area contributed by atoms with Gasteiger partial charge in [0.25, 0.3) is 5.91 Å². The first kappa shape index (κ1) is 24.4. The molecule has 0 atom stereocenters. The summed E-state index contributed by atoms with van der Waals surface area (Å²) in [6, 6.07) is 20.5. The highest BCUT2D eigenvalue weighted by atomic mass is 79.9. The van der Waals surface area contributed by atoms with Crippen molar-refractivity contribution >= 4 is 45.2 Å². The number of methoxy groups -OCH3 is 1. The Bertz CT molecular complexity index is 1200. The second kappa shape index (κ2) is 11.6. The predicted molar refractivity (Wildman–Crippen MR) is 135 cm³/mol. The standard InChI is InChI=1S/C26H22BrClN2O3/c1-3-17-6-10-22(11-7-17)30-26(31)20(15-29)12-19-13-23(28)25(24(14-19)32-2)33-16-18-4-8-21(27)9-5-18/h4-14H,3,16H2,1-2H3,(H,30,31)/b20-12+. The Balaban J connectivity index is 1.79. The number of rotatable bonds is 8. The summed E-state index contributed by atoms with van der Waals surface area (Å²) in [4.78, 5) is 12.6. The summed E-state index contributed by atoms with van der Waals surface area (Å²) in [5, 5.41) is 12.6. The number of amides is 1. The zero-order valence-corrected chi connectivity index (χ0v) is 20.5. The van der Waals surface area contributed by atoms with Crippen LogP contribution >= 0.6 is 27.5 Å². The second-order valence-corrected chi connectivity index (χ2v) is 8.45. The van der Waals surface area contributed by atoms with Crippen molar-refractivity contribution in [2.45, 2.75) is 20.0 Å². The zero-order chi connectivity index (χ0) is 23.8. The van der Waals surface area contributed by atoms with E-state index >= 15 is 0 Å². The minimum Gasteiger partial charge on any atom is -0.493 e. The lowest BCUT2D eigenvalue weighted by Crippen LogP contribution is -2.13. The molecule has 168 valence electrons. The van der Waals surface area contributed by atoms with E-state index in [0.717, 1.165) is 22.0 Å². The molecule has 1 N–H and O–H groups in total. The fourth-order valence-electron chi connectivity index (χ4n) is 3.04. The average Bonchev–Trinajstić information content (AvgIpc) is 2.83. The molecule has 0 unspecified atom stereocenters. The first-order chi connectivity index (χ1) is 15.9. The molecule has 0 fully saturated rings. The Labute approximate surface area is 206 Å². The van der Waals surface area contributed by atoms with Crippen molar-refractivity contribution < 1.29 is 14.3 Å². The second-order valence-electron chi connectivity index (χ2n) is 7.12. The van der Waals surface area contributed by atoms with Crippen molar-refractivity contribution in [1.82, 2.24) is 0 Å². The van der Waals surface area contributed by atoms with Crippen molar-refractivity contribution in [2.24, 2.45) is 0 Å². The average molecular weight is 526 g/mol. The topological polar surface area (TPSA) is 71.4 Å². The van der Waals surface area contributed by atoms with Gasteiger partial charge in [-0.2, -0.15) is 5.26 Å². The third-order valence-electron chi connectivity index (χ3n) is 4.84. The number of carbonyl (C=O) groups excluding carboxylic acids is 1. The maximum atomic E-state index is 12.6. The van der Waals surface area contributed by atoms with Crippen LogP contribution in [-0.2, 0) is 17.8 Å². The van der Waals surface area contributed by atoms with Crippen molar-refractivity contribution in [3.63, 3.8) is 0 Å². The normalized spacial score (nSPS) is 10.9. The zero-order valence-electron chi connectivity index (χ0n) is 18.2. The molecular weight excluding hydrogens is 504 g/mol. The first-order valence-corrected chi connectivity index (χ1v) is 11.4. The molecule has 5 nitrogen and oxygen atoms in total. The molecule has 0 aliphatic carbocycles. The van der Waals surface area contributed by atoms with E-state index in [4.69, 9.17) is 21.1 Å². The van der Waals surface area contributed by atoms with Crippen LogP contribution in [0.1, 0.15) is 23.6 Å². The summed E-state index contributed by atoms with van der Waals surface area (Å²) >= 11 is 9.85. The van der Waals surface area contributed by atoms with Gasteiger partial charge in [0, 0.05) is 10.2 Å². The van der Waals surface area contributed by atoms with Crippen molar-refractivity contribution in [3.05, 3.63) is 92.4 Å². The van der Waals surface area contributed by atoms with Gasteiger partial charge in [-0.3, -0.25) is 4.79 Å². The summed E-state index contributed by atoms with van der Waals surface area (Å²) in [6.45, 7) is 2.36. The monoisotopic (exact) mass is 524 g/mol. The maximum absolute atomic E-state index is 12.6. The van der Waals surface area contributed by atoms with E-state index < -0.39 is 5.91 Å². The lowest BCUT2D eigenvalue weighted by atomic mass is 10.1. The summed E-state index contributed by atoms with van der Waals surface area (Å²) in [5.41, 5.74) is 3.23. The highest BCUT2D eigenvalue weighted by Gasteiger charge is 2.15. The molecule has 0 aliphatic heterocycles. The summed E-state index contributed by atoms with van der Waals surface area (Å²) in [7, 11) is 1.50. The third-order valence-corrected chi connectivity index (χ3v) is 5.65. The van der Waals surface area contributed by atoms with Crippen LogP contribution in [0, 0.1) is 11.3 Å². The van der Waals surface area contributed by atoms with Crippen LogP contribution in [0.2, 0.25) is 5.02 Å². The molecule has 0 radical (unpaired) electrons. The van der Waals surface area contributed by atoms with E-state index in [1.165, 1.54) is 13.2 Å². The quantitative estimate of drug-likeness (QED) is 0.259. The van der Waals surface area contributed by atoms with E-state index in [1.54, 1.807) is 12.1 Å². The Hall–Kier alpha value is -3.27. The van der Waals surface area contributed by atoms with Gasteiger partial charge >= 0.3 is 0 Å². The molecule has 0 bridgehead atoms. The van der Waals surface area contributed by atoms with Crippen LogP contribution in [0.25, 0.3) is 6.08 Å². The van der Waals surface area contributed by atoms with Crippen molar-refractivity contribution in [1.29, 1.82) is 5.26 Å². The van der Waals surface area contributed by atoms with Gasteiger partial charge in [-0.15, -0.1) is 0 Å². The van der Waals surface area contributed by atoms with Gasteiger partial charge in [0.1, 0.15) is 18.2 Å². The first-order valence-electron chi connectivity index (χ1n) is 10.2. The minimum absolute atomic E-state index is 0.0591. The van der Waals surface area contributed by atoms with Gasteiger partial charge in [-0.25, -0.2) is 0 Å². The number of anilines is 1. The highest BCUT2D eigenvalue weighted by molar-refractivity contribution is 9.10. The van der Waals surface area contributed by atoms with E-state index in [1.807, 2.05) is 54.6 Å². The van der Waals surface area contributed by atoms with Gasteiger partial charge in [0.05, 0.1) is 12.1 Å². The molecule has 0 spiro atoms. The van der Waals surface area contributed by atoms with Crippen molar-refractivity contribution in [3.8, 4) is 17.6 Å². The van der Waals surface area contributed by atoms with Crippen LogP contribution in [-0.4, -0.2) is 13.0 Å². The number of halogens is 2. The molecule has 1 amide bonds. The summed E-state index contributed by atoms with van der Waals surface area (Å²) in [5.74, 6) is 0.282. The molecule has 0 saturated carbocycles. The Morgan fingerprint density at radius 3 is 2.39 bits per heavy atom. The van der Waals surface area contributed by atoms with Gasteiger partial charge < -0.3 is 14.8 Å². The van der Waals surface area contributed by atoms with Gasteiger partial charge in [-0.05, 0) is 65.6 Å². The summed E-state index contributed by atoms with van der Waals surface area (Å²) < 4.78 is 12.3. The molecule has 0 heterocycles.